The summed E-state index contributed by atoms with van der Waals surface area (Å²) in [6, 6.07) is 1.58. The molecule has 0 radical (unpaired) electrons. The molecule has 4 rings (SSSR count). The Morgan fingerprint density at radius 3 is 2.71 bits per heavy atom. The van der Waals surface area contributed by atoms with Crippen molar-refractivity contribution in [2.45, 2.75) is 37.1 Å². The lowest BCUT2D eigenvalue weighted by Gasteiger charge is -2.34. The molecule has 1 fully saturated rings. The van der Waals surface area contributed by atoms with E-state index >= 15 is 0 Å². The van der Waals surface area contributed by atoms with Gasteiger partial charge in [-0.3, -0.25) is 0 Å². The van der Waals surface area contributed by atoms with Crippen molar-refractivity contribution in [3.8, 4) is 0 Å². The molecule has 9 heteroatoms. The van der Waals surface area contributed by atoms with Crippen LogP contribution >= 0.6 is 0 Å². The van der Waals surface area contributed by atoms with Gasteiger partial charge in [0.15, 0.2) is 0 Å². The molecule has 2 aromatic rings. The van der Waals surface area contributed by atoms with Gasteiger partial charge in [-0.15, -0.1) is 0 Å². The highest BCUT2D eigenvalue weighted by Gasteiger charge is 2.45. The molecule has 0 aromatic carbocycles. The van der Waals surface area contributed by atoms with Crippen LogP contribution in [-0.4, -0.2) is 50.1 Å². The number of nitrogens with one attached hydrogen (secondary N) is 1. The average molecular weight is 348 g/mol. The van der Waals surface area contributed by atoms with Crippen molar-refractivity contribution in [3.63, 3.8) is 0 Å². The van der Waals surface area contributed by atoms with Gasteiger partial charge in [0.05, 0.1) is 23.8 Å². The number of anilines is 1. The summed E-state index contributed by atoms with van der Waals surface area (Å²) in [6.07, 6.45) is 7.23. The third-order valence-electron chi connectivity index (χ3n) is 4.62. The highest BCUT2D eigenvalue weighted by Crippen LogP contribution is 2.35. The van der Waals surface area contributed by atoms with E-state index in [9.17, 15) is 8.42 Å². The van der Waals surface area contributed by atoms with Crippen LogP contribution in [0, 0.1) is 0 Å². The summed E-state index contributed by atoms with van der Waals surface area (Å²) in [6.45, 7) is 0.817. The molecular weight excluding hydrogens is 328 g/mol. The summed E-state index contributed by atoms with van der Waals surface area (Å²) < 4.78 is 29.2. The first-order valence-corrected chi connectivity index (χ1v) is 9.56. The quantitative estimate of drug-likeness (QED) is 0.848. The van der Waals surface area contributed by atoms with Crippen LogP contribution in [0.25, 0.3) is 0 Å². The Morgan fingerprint density at radius 2 is 2.00 bits per heavy atom. The maximum Gasteiger partial charge on any atom is 0.222 e. The first kappa shape index (κ1) is 15.5. The Hall–Kier alpha value is -2.00. The Kier molecular flexibility index (Phi) is 3.76. The number of hydrogen-bond donors (Lipinski definition) is 1. The molecule has 1 saturated carbocycles. The van der Waals surface area contributed by atoms with Crippen molar-refractivity contribution in [2.75, 3.05) is 11.9 Å². The molecule has 24 heavy (non-hydrogen) atoms. The number of nitrogens with zero attached hydrogens (tertiary/aromatic N) is 5. The van der Waals surface area contributed by atoms with E-state index in [1.165, 1.54) is 0 Å². The van der Waals surface area contributed by atoms with Crippen molar-refractivity contribution in [1.82, 2.24) is 23.8 Å². The maximum absolute atomic E-state index is 12.8. The summed E-state index contributed by atoms with van der Waals surface area (Å²) in [5, 5.41) is 2.94. The van der Waals surface area contributed by atoms with Gasteiger partial charge in [-0.2, -0.15) is 4.31 Å². The molecule has 3 heterocycles. The number of hydrogen-bond acceptors (Lipinski definition) is 6. The second kappa shape index (κ2) is 5.82. The van der Waals surface area contributed by atoms with Crippen LogP contribution in [0.2, 0.25) is 0 Å². The number of aryl methyl sites for hydroxylation is 1. The third kappa shape index (κ3) is 2.78. The van der Waals surface area contributed by atoms with Crippen LogP contribution in [0.15, 0.2) is 24.8 Å². The van der Waals surface area contributed by atoms with Crippen LogP contribution in [0.3, 0.4) is 0 Å². The van der Waals surface area contributed by atoms with E-state index in [4.69, 9.17) is 0 Å². The summed E-state index contributed by atoms with van der Waals surface area (Å²) in [4.78, 5) is 12.6. The largest absolute Gasteiger partial charge is 0.353 e. The second-order valence-electron chi connectivity index (χ2n) is 6.35. The zero-order valence-electron chi connectivity index (χ0n) is 13.5. The van der Waals surface area contributed by atoms with Gasteiger partial charge in [0.1, 0.15) is 0 Å². The first-order valence-electron chi connectivity index (χ1n) is 8.06. The van der Waals surface area contributed by atoms with Crippen LogP contribution < -0.4 is 5.32 Å². The fraction of sp³-hybridized carbons (Fsp3) is 0.533. The molecule has 0 spiro atoms. The molecule has 8 nitrogen and oxygen atoms in total. The molecule has 128 valence electrons. The number of imidazole rings is 1. The number of fused-ring (bicyclic) bond motifs is 1. The zero-order chi connectivity index (χ0) is 16.7. The summed E-state index contributed by atoms with van der Waals surface area (Å²) in [7, 11) is -1.33. The van der Waals surface area contributed by atoms with E-state index in [0.29, 0.717) is 25.5 Å². The topological polar surface area (TPSA) is 93.0 Å². The fourth-order valence-electron chi connectivity index (χ4n) is 3.13. The summed E-state index contributed by atoms with van der Waals surface area (Å²) >= 11 is 0. The van der Waals surface area contributed by atoms with Gasteiger partial charge in [0.2, 0.25) is 16.0 Å². The molecule has 0 bridgehead atoms. The van der Waals surface area contributed by atoms with E-state index in [-0.39, 0.29) is 11.3 Å². The molecule has 1 aliphatic heterocycles. The van der Waals surface area contributed by atoms with E-state index in [0.717, 1.165) is 24.2 Å². The molecule has 0 amide bonds. The lowest BCUT2D eigenvalue weighted by atomic mass is 10.1. The van der Waals surface area contributed by atoms with Crippen LogP contribution in [0.1, 0.15) is 24.2 Å². The Morgan fingerprint density at radius 1 is 1.25 bits per heavy atom. The molecule has 0 unspecified atom stereocenters. The molecule has 1 N–H and O–H groups in total. The smallest absolute Gasteiger partial charge is 0.222 e. The normalized spacial score (nSPS) is 21.5. The van der Waals surface area contributed by atoms with Gasteiger partial charge in [0.25, 0.3) is 0 Å². The summed E-state index contributed by atoms with van der Waals surface area (Å²) in [5.41, 5.74) is 1.95. The van der Waals surface area contributed by atoms with Crippen LogP contribution in [0.4, 0.5) is 5.95 Å². The van der Waals surface area contributed by atoms with Crippen LogP contribution in [0.5, 0.6) is 0 Å². The molecule has 2 aliphatic rings. The fourth-order valence-corrected chi connectivity index (χ4v) is 5.11. The zero-order valence-corrected chi connectivity index (χ0v) is 14.3. The Bertz CT molecular complexity index is 831. The third-order valence-corrected chi connectivity index (χ3v) is 7.02. The van der Waals surface area contributed by atoms with E-state index < -0.39 is 10.0 Å². The van der Waals surface area contributed by atoms with Gasteiger partial charge >= 0.3 is 0 Å². The Balaban J connectivity index is 1.59. The molecule has 1 aliphatic carbocycles. The van der Waals surface area contributed by atoms with E-state index in [1.54, 1.807) is 29.1 Å². The molecule has 0 saturated heterocycles. The van der Waals surface area contributed by atoms with Gasteiger partial charge in [-0.1, -0.05) is 0 Å². The number of sulfonamides is 1. The SMILES string of the molecule is Cn1cnc2c1C[C@@H](CNc1ncccn1)N(S(=O)(=O)C1CC1)C2. The minimum absolute atomic E-state index is 0.165. The van der Waals surface area contributed by atoms with Crippen molar-refractivity contribution in [3.05, 3.63) is 36.2 Å². The monoisotopic (exact) mass is 348 g/mol. The van der Waals surface area contributed by atoms with Crippen molar-refractivity contribution in [1.29, 1.82) is 0 Å². The molecule has 2 aromatic heterocycles. The number of rotatable bonds is 5. The average Bonchev–Trinajstić information content (AvgIpc) is 3.39. The minimum Gasteiger partial charge on any atom is -0.353 e. The second-order valence-corrected chi connectivity index (χ2v) is 8.52. The van der Waals surface area contributed by atoms with Crippen molar-refractivity contribution < 1.29 is 8.42 Å². The first-order chi connectivity index (χ1) is 11.6. The molecular formula is C15H20N6O2S. The lowest BCUT2D eigenvalue weighted by Crippen LogP contribution is -2.49. The standard InChI is InChI=1S/C15H20N6O2S/c1-20-10-19-13-9-21(24(22,23)12-3-4-12)11(7-14(13)20)8-18-15-16-5-2-6-17-15/h2,5-6,10-12H,3-4,7-9H2,1H3,(H,16,17,18)/t11-/m0/s1. The maximum atomic E-state index is 12.8. The highest BCUT2D eigenvalue weighted by atomic mass is 32.2. The predicted molar refractivity (Wildman–Crippen MR) is 88.7 cm³/mol. The van der Waals surface area contributed by atoms with E-state index in [2.05, 4.69) is 20.3 Å². The van der Waals surface area contributed by atoms with Crippen LogP contribution in [-0.2, 0) is 30.0 Å². The summed E-state index contributed by atoms with van der Waals surface area (Å²) in [5.74, 6) is 0.511. The van der Waals surface area contributed by atoms with E-state index in [1.807, 2.05) is 11.6 Å². The van der Waals surface area contributed by atoms with Gasteiger partial charge in [-0.25, -0.2) is 23.4 Å². The Labute approximate surface area is 141 Å². The van der Waals surface area contributed by atoms with Gasteiger partial charge in [0, 0.05) is 44.1 Å². The van der Waals surface area contributed by atoms with Crippen molar-refractivity contribution >= 4 is 16.0 Å². The highest BCUT2D eigenvalue weighted by molar-refractivity contribution is 7.90. The molecule has 1 atom stereocenters. The van der Waals surface area contributed by atoms with Crippen molar-refractivity contribution in [2.24, 2.45) is 7.05 Å². The lowest BCUT2D eigenvalue weighted by molar-refractivity contribution is 0.293. The predicted octanol–water partition coefficient (Wildman–Crippen LogP) is 0.541. The van der Waals surface area contributed by atoms with Gasteiger partial charge < -0.3 is 9.88 Å². The number of aromatic nitrogens is 4. The minimum atomic E-state index is -3.27. The van der Waals surface area contributed by atoms with Gasteiger partial charge in [-0.05, 0) is 18.9 Å².